The van der Waals surface area contributed by atoms with Crippen LogP contribution in [-0.4, -0.2) is 15.7 Å². The van der Waals surface area contributed by atoms with E-state index >= 15 is 0 Å². The Kier molecular flexibility index (Phi) is 3.28. The first-order valence-corrected chi connectivity index (χ1v) is 5.92. The quantitative estimate of drug-likeness (QED) is 0.925. The van der Waals surface area contributed by atoms with E-state index < -0.39 is 0 Å². The maximum absolute atomic E-state index is 11.9. The minimum atomic E-state index is -0.163. The molecule has 17 heavy (non-hydrogen) atoms. The lowest BCUT2D eigenvalue weighted by Crippen LogP contribution is -2.11. The molecule has 0 saturated heterocycles. The lowest BCUT2D eigenvalue weighted by molar-refractivity contribution is 0.102. The number of rotatable bonds is 2. The van der Waals surface area contributed by atoms with Crippen LogP contribution in [0.15, 0.2) is 35.1 Å². The Morgan fingerprint density at radius 1 is 1.47 bits per heavy atom. The lowest BCUT2D eigenvalue weighted by Gasteiger charge is -2.07. The highest BCUT2D eigenvalue weighted by molar-refractivity contribution is 9.10. The van der Waals surface area contributed by atoms with Crippen LogP contribution in [0.2, 0.25) is 0 Å². The maximum atomic E-state index is 11.9. The fourth-order valence-electron chi connectivity index (χ4n) is 1.47. The van der Waals surface area contributed by atoms with E-state index in [1.807, 2.05) is 25.1 Å². The van der Waals surface area contributed by atoms with Crippen molar-refractivity contribution in [1.82, 2.24) is 9.78 Å². The van der Waals surface area contributed by atoms with Gasteiger partial charge in [-0.1, -0.05) is 6.07 Å². The molecule has 0 radical (unpaired) electrons. The van der Waals surface area contributed by atoms with Gasteiger partial charge in [-0.3, -0.25) is 9.48 Å². The molecule has 0 fully saturated rings. The Balaban J connectivity index is 2.21. The van der Waals surface area contributed by atoms with E-state index in [4.69, 9.17) is 0 Å². The van der Waals surface area contributed by atoms with E-state index in [9.17, 15) is 4.79 Å². The molecule has 0 spiro atoms. The molecule has 0 aliphatic carbocycles. The smallest absolute Gasteiger partial charge is 0.258 e. The van der Waals surface area contributed by atoms with Crippen molar-refractivity contribution in [1.29, 1.82) is 0 Å². The van der Waals surface area contributed by atoms with Gasteiger partial charge in [-0.15, -0.1) is 0 Å². The van der Waals surface area contributed by atoms with E-state index in [2.05, 4.69) is 26.3 Å². The van der Waals surface area contributed by atoms with E-state index in [0.29, 0.717) is 5.56 Å². The number of halogens is 1. The van der Waals surface area contributed by atoms with Crippen molar-refractivity contribution in [3.05, 3.63) is 46.2 Å². The monoisotopic (exact) mass is 293 g/mol. The SMILES string of the molecule is Cc1ccc(Br)c(NC(=O)c2cnn(C)c2)c1. The second-order valence-corrected chi connectivity index (χ2v) is 4.69. The largest absolute Gasteiger partial charge is 0.321 e. The molecule has 88 valence electrons. The highest BCUT2D eigenvalue weighted by Crippen LogP contribution is 2.23. The first-order valence-electron chi connectivity index (χ1n) is 5.12. The van der Waals surface area contributed by atoms with Crippen molar-refractivity contribution < 1.29 is 4.79 Å². The fraction of sp³-hybridized carbons (Fsp3) is 0.167. The van der Waals surface area contributed by atoms with Crippen LogP contribution in [0.3, 0.4) is 0 Å². The van der Waals surface area contributed by atoms with Crippen LogP contribution in [-0.2, 0) is 7.05 Å². The third-order valence-corrected chi connectivity index (χ3v) is 3.03. The van der Waals surface area contributed by atoms with Gasteiger partial charge in [-0.25, -0.2) is 0 Å². The lowest BCUT2D eigenvalue weighted by atomic mass is 10.2. The Hall–Kier alpha value is -1.62. The molecule has 1 N–H and O–H groups in total. The standard InChI is InChI=1S/C12H12BrN3O/c1-8-3-4-10(13)11(5-8)15-12(17)9-6-14-16(2)7-9/h3-7H,1-2H3,(H,15,17). The number of carbonyl (C=O) groups is 1. The molecular weight excluding hydrogens is 282 g/mol. The Bertz CT molecular complexity index is 563. The third kappa shape index (κ3) is 2.74. The number of benzene rings is 1. The number of aromatic nitrogens is 2. The summed E-state index contributed by atoms with van der Waals surface area (Å²) in [6.45, 7) is 1.98. The zero-order valence-corrected chi connectivity index (χ0v) is 11.2. The average molecular weight is 294 g/mol. The van der Waals surface area contributed by atoms with Crippen molar-refractivity contribution in [3.8, 4) is 0 Å². The van der Waals surface area contributed by atoms with Crippen molar-refractivity contribution in [3.63, 3.8) is 0 Å². The minimum Gasteiger partial charge on any atom is -0.321 e. The molecule has 0 saturated carbocycles. The van der Waals surface area contributed by atoms with Crippen LogP contribution in [0.25, 0.3) is 0 Å². The summed E-state index contributed by atoms with van der Waals surface area (Å²) in [5, 5.41) is 6.80. The summed E-state index contributed by atoms with van der Waals surface area (Å²) in [6.07, 6.45) is 3.22. The van der Waals surface area contributed by atoms with Crippen LogP contribution in [0, 0.1) is 6.92 Å². The second kappa shape index (κ2) is 4.71. The predicted octanol–water partition coefficient (Wildman–Crippen LogP) is 2.74. The van der Waals surface area contributed by atoms with Gasteiger partial charge >= 0.3 is 0 Å². The second-order valence-electron chi connectivity index (χ2n) is 3.84. The molecule has 1 amide bonds. The summed E-state index contributed by atoms with van der Waals surface area (Å²) in [5.41, 5.74) is 2.40. The number of anilines is 1. The molecule has 0 aliphatic rings. The van der Waals surface area contributed by atoms with Crippen LogP contribution in [0.5, 0.6) is 0 Å². The summed E-state index contributed by atoms with van der Waals surface area (Å²) in [6, 6.07) is 5.80. The summed E-state index contributed by atoms with van der Waals surface area (Å²) in [7, 11) is 1.78. The van der Waals surface area contributed by atoms with Gasteiger partial charge in [0, 0.05) is 17.7 Å². The zero-order valence-electron chi connectivity index (χ0n) is 9.57. The van der Waals surface area contributed by atoms with Crippen molar-refractivity contribution >= 4 is 27.5 Å². The molecule has 0 bridgehead atoms. The van der Waals surface area contributed by atoms with Gasteiger partial charge in [0.15, 0.2) is 0 Å². The Morgan fingerprint density at radius 2 is 2.24 bits per heavy atom. The number of amides is 1. The van der Waals surface area contributed by atoms with Crippen LogP contribution in [0.4, 0.5) is 5.69 Å². The van der Waals surface area contributed by atoms with Crippen molar-refractivity contribution in [2.24, 2.45) is 7.05 Å². The highest BCUT2D eigenvalue weighted by Gasteiger charge is 2.09. The molecular formula is C12H12BrN3O. The molecule has 2 rings (SSSR count). The number of hydrogen-bond donors (Lipinski definition) is 1. The first-order chi connectivity index (χ1) is 8.06. The van der Waals surface area contributed by atoms with Gasteiger partial charge in [0.2, 0.25) is 0 Å². The Labute approximate surface area is 108 Å². The topological polar surface area (TPSA) is 46.9 Å². The molecule has 2 aromatic rings. The van der Waals surface area contributed by atoms with Gasteiger partial charge in [-0.2, -0.15) is 5.10 Å². The number of nitrogens with zero attached hydrogens (tertiary/aromatic N) is 2. The number of aryl methyl sites for hydroxylation is 2. The molecule has 0 aliphatic heterocycles. The van der Waals surface area contributed by atoms with E-state index in [0.717, 1.165) is 15.7 Å². The minimum absolute atomic E-state index is 0.163. The number of carbonyl (C=O) groups excluding carboxylic acids is 1. The fourth-order valence-corrected chi connectivity index (χ4v) is 1.81. The van der Waals surface area contributed by atoms with Gasteiger partial charge in [-0.05, 0) is 40.5 Å². The molecule has 1 heterocycles. The molecule has 1 aromatic carbocycles. The highest BCUT2D eigenvalue weighted by atomic mass is 79.9. The summed E-state index contributed by atoms with van der Waals surface area (Å²) in [5.74, 6) is -0.163. The molecule has 0 atom stereocenters. The van der Waals surface area contributed by atoms with E-state index in [1.165, 1.54) is 0 Å². The van der Waals surface area contributed by atoms with E-state index in [-0.39, 0.29) is 5.91 Å². The normalized spacial score (nSPS) is 10.3. The molecule has 0 unspecified atom stereocenters. The predicted molar refractivity (Wildman–Crippen MR) is 70.0 cm³/mol. The Morgan fingerprint density at radius 3 is 2.88 bits per heavy atom. The van der Waals surface area contributed by atoms with E-state index in [1.54, 1.807) is 24.1 Å². The summed E-state index contributed by atoms with van der Waals surface area (Å²) in [4.78, 5) is 11.9. The maximum Gasteiger partial charge on any atom is 0.258 e. The third-order valence-electron chi connectivity index (χ3n) is 2.34. The number of nitrogens with one attached hydrogen (secondary N) is 1. The van der Waals surface area contributed by atoms with Gasteiger partial charge < -0.3 is 5.32 Å². The summed E-state index contributed by atoms with van der Waals surface area (Å²) < 4.78 is 2.46. The first kappa shape index (κ1) is 11.9. The molecule has 5 heteroatoms. The summed E-state index contributed by atoms with van der Waals surface area (Å²) >= 11 is 3.40. The van der Waals surface area contributed by atoms with Crippen molar-refractivity contribution in [2.75, 3.05) is 5.32 Å². The van der Waals surface area contributed by atoms with Crippen LogP contribution in [0.1, 0.15) is 15.9 Å². The molecule has 4 nitrogen and oxygen atoms in total. The van der Waals surface area contributed by atoms with Crippen LogP contribution >= 0.6 is 15.9 Å². The van der Waals surface area contributed by atoms with Crippen molar-refractivity contribution in [2.45, 2.75) is 6.92 Å². The average Bonchev–Trinajstić information content (AvgIpc) is 2.70. The molecule has 1 aromatic heterocycles. The zero-order chi connectivity index (χ0) is 12.4. The number of hydrogen-bond acceptors (Lipinski definition) is 2. The van der Waals surface area contributed by atoms with Gasteiger partial charge in [0.25, 0.3) is 5.91 Å². The van der Waals surface area contributed by atoms with Gasteiger partial charge in [0.1, 0.15) is 0 Å². The van der Waals surface area contributed by atoms with Crippen LogP contribution < -0.4 is 5.32 Å². The van der Waals surface area contributed by atoms with Gasteiger partial charge in [0.05, 0.1) is 17.4 Å².